The predicted molar refractivity (Wildman–Crippen MR) is 67.9 cm³/mol. The fourth-order valence-electron chi connectivity index (χ4n) is 1.67. The predicted octanol–water partition coefficient (Wildman–Crippen LogP) is 3.65. The molecule has 1 aromatic heterocycles. The van der Waals surface area contributed by atoms with Gasteiger partial charge in [0.25, 0.3) is 0 Å². The van der Waals surface area contributed by atoms with E-state index in [-0.39, 0.29) is 11.6 Å². The van der Waals surface area contributed by atoms with E-state index in [1.807, 2.05) is 6.92 Å². The molecule has 2 rings (SSSR count). The zero-order valence-corrected chi connectivity index (χ0v) is 10.6. The van der Waals surface area contributed by atoms with Gasteiger partial charge in [-0.2, -0.15) is 0 Å². The van der Waals surface area contributed by atoms with Gasteiger partial charge in [-0.25, -0.2) is 9.78 Å². The van der Waals surface area contributed by atoms with E-state index in [0.717, 1.165) is 6.42 Å². The zero-order valence-electron chi connectivity index (χ0n) is 9.81. The van der Waals surface area contributed by atoms with Crippen molar-refractivity contribution in [2.45, 2.75) is 19.8 Å². The number of aromatic nitrogens is 1. The monoisotopic (exact) mass is 265 g/mol. The van der Waals surface area contributed by atoms with Crippen LogP contribution in [0.25, 0.3) is 11.5 Å². The van der Waals surface area contributed by atoms with E-state index in [9.17, 15) is 4.79 Å². The van der Waals surface area contributed by atoms with Crippen molar-refractivity contribution in [2.24, 2.45) is 0 Å². The second-order valence-corrected chi connectivity index (χ2v) is 4.23. The minimum Gasteiger partial charge on any atom is -0.476 e. The Hall–Kier alpha value is -1.81. The van der Waals surface area contributed by atoms with E-state index in [2.05, 4.69) is 4.98 Å². The molecule has 0 saturated heterocycles. The number of hydrogen-bond acceptors (Lipinski definition) is 3. The van der Waals surface area contributed by atoms with Gasteiger partial charge in [-0.1, -0.05) is 30.7 Å². The van der Waals surface area contributed by atoms with Crippen LogP contribution in [-0.4, -0.2) is 16.1 Å². The van der Waals surface area contributed by atoms with Crippen LogP contribution in [0.2, 0.25) is 5.02 Å². The Bertz CT molecular complexity index is 577. The van der Waals surface area contributed by atoms with Crippen LogP contribution in [0.5, 0.6) is 0 Å². The smallest absolute Gasteiger partial charge is 0.358 e. The molecule has 0 aliphatic rings. The summed E-state index contributed by atoms with van der Waals surface area (Å²) in [6, 6.07) is 7.04. The van der Waals surface area contributed by atoms with E-state index >= 15 is 0 Å². The summed E-state index contributed by atoms with van der Waals surface area (Å²) in [6.45, 7) is 1.95. The third-order valence-corrected chi connectivity index (χ3v) is 2.81. The summed E-state index contributed by atoms with van der Waals surface area (Å²) < 4.78 is 5.51. The quantitative estimate of drug-likeness (QED) is 0.916. The topological polar surface area (TPSA) is 63.3 Å². The lowest BCUT2D eigenvalue weighted by Gasteiger charge is -1.97. The molecule has 4 nitrogen and oxygen atoms in total. The zero-order chi connectivity index (χ0) is 13.1. The molecule has 0 aliphatic heterocycles. The number of hydrogen-bond donors (Lipinski definition) is 1. The molecule has 0 saturated carbocycles. The molecule has 0 radical (unpaired) electrons. The van der Waals surface area contributed by atoms with Gasteiger partial charge in [0, 0.05) is 6.42 Å². The van der Waals surface area contributed by atoms with Gasteiger partial charge in [0.1, 0.15) is 5.76 Å². The average molecular weight is 266 g/mol. The summed E-state index contributed by atoms with van der Waals surface area (Å²) in [5.41, 5.74) is 0.566. The highest BCUT2D eigenvalue weighted by Crippen LogP contribution is 2.29. The van der Waals surface area contributed by atoms with E-state index < -0.39 is 5.97 Å². The first kappa shape index (κ1) is 12.6. The molecule has 1 N–H and O–H groups in total. The van der Waals surface area contributed by atoms with Crippen LogP contribution < -0.4 is 0 Å². The second-order valence-electron chi connectivity index (χ2n) is 3.83. The number of rotatable bonds is 4. The Labute approximate surface area is 109 Å². The van der Waals surface area contributed by atoms with Crippen molar-refractivity contribution in [1.82, 2.24) is 4.98 Å². The fraction of sp³-hybridized carbons (Fsp3) is 0.231. The number of carboxylic acids is 1. The highest BCUT2D eigenvalue weighted by Gasteiger charge is 2.20. The van der Waals surface area contributed by atoms with Crippen LogP contribution in [0, 0.1) is 0 Å². The summed E-state index contributed by atoms with van der Waals surface area (Å²) in [5.74, 6) is -0.443. The second kappa shape index (κ2) is 5.23. The number of halogens is 1. The molecular formula is C13H12ClNO3. The molecule has 0 unspecified atom stereocenters. The minimum atomic E-state index is -1.08. The van der Waals surface area contributed by atoms with Crippen LogP contribution in [0.15, 0.2) is 28.7 Å². The van der Waals surface area contributed by atoms with Gasteiger partial charge >= 0.3 is 5.97 Å². The van der Waals surface area contributed by atoms with Gasteiger partial charge in [-0.15, -0.1) is 0 Å². The summed E-state index contributed by atoms with van der Waals surface area (Å²) in [4.78, 5) is 15.1. The molecular weight excluding hydrogens is 254 g/mol. The molecule has 1 aromatic carbocycles. The first-order chi connectivity index (χ1) is 8.63. The van der Waals surface area contributed by atoms with E-state index in [4.69, 9.17) is 21.1 Å². The van der Waals surface area contributed by atoms with Gasteiger partial charge in [-0.05, 0) is 18.6 Å². The standard InChI is InChI=1S/C13H12ClNO3/c1-2-5-10-11(13(16)17)15-12(18-10)8-6-3-4-7-9(8)14/h3-4,6-7H,2,5H2,1H3,(H,16,17). The third-order valence-electron chi connectivity index (χ3n) is 2.48. The number of nitrogens with zero attached hydrogens (tertiary/aromatic N) is 1. The molecule has 5 heteroatoms. The van der Waals surface area contributed by atoms with Gasteiger partial charge in [-0.3, -0.25) is 0 Å². The summed E-state index contributed by atoms with van der Waals surface area (Å²) in [6.07, 6.45) is 1.33. The fourth-order valence-corrected chi connectivity index (χ4v) is 1.88. The molecule has 0 atom stereocenters. The summed E-state index contributed by atoms with van der Waals surface area (Å²) in [5, 5.41) is 9.55. The summed E-state index contributed by atoms with van der Waals surface area (Å²) in [7, 11) is 0. The highest BCUT2D eigenvalue weighted by atomic mass is 35.5. The number of benzene rings is 1. The Morgan fingerprint density at radius 2 is 2.17 bits per heavy atom. The molecule has 0 aliphatic carbocycles. The van der Waals surface area contributed by atoms with Crippen molar-refractivity contribution < 1.29 is 14.3 Å². The molecule has 2 aromatic rings. The van der Waals surface area contributed by atoms with E-state index in [1.165, 1.54) is 0 Å². The molecule has 0 fully saturated rings. The van der Waals surface area contributed by atoms with Crippen LogP contribution >= 0.6 is 11.6 Å². The van der Waals surface area contributed by atoms with Crippen LogP contribution in [-0.2, 0) is 6.42 Å². The highest BCUT2D eigenvalue weighted by molar-refractivity contribution is 6.33. The number of aromatic carboxylic acids is 1. The lowest BCUT2D eigenvalue weighted by atomic mass is 10.2. The Balaban J connectivity index is 2.50. The molecule has 0 amide bonds. The van der Waals surface area contributed by atoms with Crippen LogP contribution in [0.4, 0.5) is 0 Å². The van der Waals surface area contributed by atoms with Crippen LogP contribution in [0.1, 0.15) is 29.6 Å². The van der Waals surface area contributed by atoms with E-state index in [0.29, 0.717) is 22.8 Å². The number of carbonyl (C=O) groups is 1. The van der Waals surface area contributed by atoms with Crippen molar-refractivity contribution in [3.05, 3.63) is 40.7 Å². The molecule has 0 spiro atoms. The van der Waals surface area contributed by atoms with Crippen molar-refractivity contribution in [2.75, 3.05) is 0 Å². The SMILES string of the molecule is CCCc1oc(-c2ccccc2Cl)nc1C(=O)O. The summed E-state index contributed by atoms with van der Waals surface area (Å²) >= 11 is 6.03. The largest absolute Gasteiger partial charge is 0.476 e. The maximum atomic E-state index is 11.1. The molecule has 18 heavy (non-hydrogen) atoms. The van der Waals surface area contributed by atoms with Crippen molar-refractivity contribution >= 4 is 17.6 Å². The average Bonchev–Trinajstić information content (AvgIpc) is 2.74. The minimum absolute atomic E-state index is 0.0354. The number of aryl methyl sites for hydroxylation is 1. The van der Waals surface area contributed by atoms with Crippen molar-refractivity contribution in [3.63, 3.8) is 0 Å². The normalized spacial score (nSPS) is 10.6. The maximum Gasteiger partial charge on any atom is 0.358 e. The first-order valence-corrected chi connectivity index (χ1v) is 5.99. The van der Waals surface area contributed by atoms with Gasteiger partial charge in [0.05, 0.1) is 10.6 Å². The Morgan fingerprint density at radius 3 is 2.78 bits per heavy atom. The van der Waals surface area contributed by atoms with Gasteiger partial charge in [0.15, 0.2) is 5.69 Å². The lowest BCUT2D eigenvalue weighted by Crippen LogP contribution is -2.00. The lowest BCUT2D eigenvalue weighted by molar-refractivity contribution is 0.0689. The van der Waals surface area contributed by atoms with Crippen LogP contribution in [0.3, 0.4) is 0 Å². The van der Waals surface area contributed by atoms with Crippen molar-refractivity contribution in [3.8, 4) is 11.5 Å². The maximum absolute atomic E-state index is 11.1. The van der Waals surface area contributed by atoms with Gasteiger partial charge < -0.3 is 9.52 Å². The molecule has 94 valence electrons. The molecule has 1 heterocycles. The van der Waals surface area contributed by atoms with Gasteiger partial charge in [0.2, 0.25) is 5.89 Å². The Morgan fingerprint density at radius 1 is 1.44 bits per heavy atom. The van der Waals surface area contributed by atoms with Crippen molar-refractivity contribution in [1.29, 1.82) is 0 Å². The first-order valence-electron chi connectivity index (χ1n) is 5.61. The Kier molecular flexibility index (Phi) is 3.67. The van der Waals surface area contributed by atoms with E-state index in [1.54, 1.807) is 24.3 Å². The molecule has 0 bridgehead atoms. The number of carboxylic acid groups (broad SMARTS) is 1. The third kappa shape index (κ3) is 2.38. The number of oxazole rings is 1.